The zero-order chi connectivity index (χ0) is 15.4. The van der Waals surface area contributed by atoms with Crippen molar-refractivity contribution in [3.63, 3.8) is 0 Å². The van der Waals surface area contributed by atoms with Gasteiger partial charge in [-0.1, -0.05) is 19.4 Å². The minimum atomic E-state index is -0.670. The number of carbonyl (C=O) groups excluding carboxylic acids is 1. The van der Waals surface area contributed by atoms with Gasteiger partial charge in [-0.2, -0.15) is 0 Å². The van der Waals surface area contributed by atoms with Crippen LogP contribution in [0.4, 0.5) is 8.78 Å². The predicted octanol–water partition coefficient (Wildman–Crippen LogP) is 2.48. The summed E-state index contributed by atoms with van der Waals surface area (Å²) in [6.07, 6.45) is 2.92. The zero-order valence-corrected chi connectivity index (χ0v) is 12.3. The van der Waals surface area contributed by atoms with Crippen LogP contribution in [0.2, 0.25) is 0 Å². The molecule has 0 bridgehead atoms. The Labute approximate surface area is 124 Å². The van der Waals surface area contributed by atoms with E-state index in [0.29, 0.717) is 19.0 Å². The van der Waals surface area contributed by atoms with Crippen molar-refractivity contribution in [3.8, 4) is 0 Å². The number of hydrogen-bond acceptors (Lipinski definition) is 2. The monoisotopic (exact) mass is 296 g/mol. The molecule has 1 aromatic rings. The third-order valence-electron chi connectivity index (χ3n) is 4.35. The molecule has 116 valence electrons. The molecule has 0 aliphatic carbocycles. The molecule has 2 rings (SSSR count). The van der Waals surface area contributed by atoms with E-state index in [4.69, 9.17) is 5.73 Å². The summed E-state index contributed by atoms with van der Waals surface area (Å²) >= 11 is 0. The summed E-state index contributed by atoms with van der Waals surface area (Å²) in [6.45, 7) is 3.24. The number of halogens is 2. The van der Waals surface area contributed by atoms with Gasteiger partial charge >= 0.3 is 0 Å². The van der Waals surface area contributed by atoms with E-state index in [2.05, 4.69) is 6.92 Å². The summed E-state index contributed by atoms with van der Waals surface area (Å²) < 4.78 is 26.5. The summed E-state index contributed by atoms with van der Waals surface area (Å²) in [5.41, 5.74) is 6.01. The van der Waals surface area contributed by atoms with Gasteiger partial charge in [0.15, 0.2) is 0 Å². The van der Waals surface area contributed by atoms with Crippen molar-refractivity contribution in [2.24, 2.45) is 11.7 Å². The molecule has 2 N–H and O–H groups in total. The second-order valence-electron chi connectivity index (χ2n) is 5.69. The molecule has 5 heteroatoms. The maximum atomic E-state index is 13.6. The molecule has 2 unspecified atom stereocenters. The summed E-state index contributed by atoms with van der Waals surface area (Å²) in [5.74, 6) is -0.834. The molecule has 1 heterocycles. The van der Waals surface area contributed by atoms with Crippen LogP contribution in [0, 0.1) is 17.6 Å². The van der Waals surface area contributed by atoms with E-state index in [-0.39, 0.29) is 23.9 Å². The highest BCUT2D eigenvalue weighted by Gasteiger charge is 2.30. The number of hydrogen-bond donors (Lipinski definition) is 1. The van der Waals surface area contributed by atoms with Crippen molar-refractivity contribution in [2.75, 3.05) is 13.1 Å². The Morgan fingerprint density at radius 1 is 1.43 bits per heavy atom. The number of amides is 1. The molecule has 0 aromatic heterocycles. The zero-order valence-electron chi connectivity index (χ0n) is 12.3. The fraction of sp³-hybridized carbons (Fsp3) is 0.562. The molecule has 1 amide bonds. The van der Waals surface area contributed by atoms with E-state index in [1.807, 2.05) is 0 Å². The van der Waals surface area contributed by atoms with E-state index < -0.39 is 11.6 Å². The van der Waals surface area contributed by atoms with Crippen molar-refractivity contribution in [1.29, 1.82) is 0 Å². The number of rotatable bonds is 4. The molecule has 1 aromatic carbocycles. The van der Waals surface area contributed by atoms with E-state index in [1.54, 1.807) is 4.90 Å². The van der Waals surface area contributed by atoms with Crippen LogP contribution in [-0.2, 0) is 11.2 Å². The maximum absolute atomic E-state index is 13.6. The molecule has 1 aliphatic heterocycles. The minimum Gasteiger partial charge on any atom is -0.338 e. The first kappa shape index (κ1) is 15.9. The van der Waals surface area contributed by atoms with E-state index in [9.17, 15) is 13.6 Å². The van der Waals surface area contributed by atoms with E-state index in [1.165, 1.54) is 12.1 Å². The van der Waals surface area contributed by atoms with Crippen LogP contribution in [0.1, 0.15) is 31.7 Å². The van der Waals surface area contributed by atoms with Gasteiger partial charge in [0.2, 0.25) is 5.91 Å². The van der Waals surface area contributed by atoms with Gasteiger partial charge in [-0.15, -0.1) is 0 Å². The van der Waals surface area contributed by atoms with Crippen LogP contribution in [0.25, 0.3) is 0 Å². The van der Waals surface area contributed by atoms with Gasteiger partial charge in [0.05, 0.1) is 6.42 Å². The van der Waals surface area contributed by atoms with Crippen LogP contribution in [-0.4, -0.2) is 29.9 Å². The Bertz CT molecular complexity index is 507. The third kappa shape index (κ3) is 3.79. The highest BCUT2D eigenvalue weighted by Crippen LogP contribution is 2.25. The van der Waals surface area contributed by atoms with Crippen LogP contribution >= 0.6 is 0 Å². The lowest BCUT2D eigenvalue weighted by molar-refractivity contribution is -0.134. The van der Waals surface area contributed by atoms with E-state index >= 15 is 0 Å². The largest absolute Gasteiger partial charge is 0.338 e. The van der Waals surface area contributed by atoms with Crippen molar-refractivity contribution >= 4 is 5.91 Å². The second-order valence-corrected chi connectivity index (χ2v) is 5.69. The standard InChI is InChI=1S/C16H22F2N2O/c1-2-11-5-6-20(14(7-11)10-19)16(21)8-12-3-4-13(17)9-15(12)18/h3-4,9,11,14H,2,5-8,10,19H2,1H3. The minimum absolute atomic E-state index is 0.0275. The molecule has 21 heavy (non-hydrogen) atoms. The lowest BCUT2D eigenvalue weighted by atomic mass is 9.88. The predicted molar refractivity (Wildman–Crippen MR) is 77.6 cm³/mol. The lowest BCUT2D eigenvalue weighted by Gasteiger charge is -2.39. The summed E-state index contributed by atoms with van der Waals surface area (Å²) in [5, 5.41) is 0. The summed E-state index contributed by atoms with van der Waals surface area (Å²) in [7, 11) is 0. The average Bonchev–Trinajstić information content (AvgIpc) is 2.49. The molecule has 3 nitrogen and oxygen atoms in total. The van der Waals surface area contributed by atoms with Crippen molar-refractivity contribution in [2.45, 2.75) is 38.6 Å². The summed E-state index contributed by atoms with van der Waals surface area (Å²) in [4.78, 5) is 14.1. The summed E-state index contributed by atoms with van der Waals surface area (Å²) in [6, 6.07) is 3.35. The number of nitrogens with zero attached hydrogens (tertiary/aromatic N) is 1. The van der Waals surface area contributed by atoms with Gasteiger partial charge in [0.25, 0.3) is 0 Å². The number of nitrogens with two attached hydrogens (primary N) is 1. The Morgan fingerprint density at radius 2 is 2.19 bits per heavy atom. The Balaban J connectivity index is 2.05. The van der Waals surface area contributed by atoms with Gasteiger partial charge in [-0.05, 0) is 30.4 Å². The fourth-order valence-electron chi connectivity index (χ4n) is 2.99. The second kappa shape index (κ2) is 6.98. The van der Waals surface area contributed by atoms with Gasteiger partial charge in [0.1, 0.15) is 11.6 Å². The Hall–Kier alpha value is -1.49. The fourth-order valence-corrected chi connectivity index (χ4v) is 2.99. The SMILES string of the molecule is CCC1CCN(C(=O)Cc2ccc(F)cc2F)C(CN)C1. The maximum Gasteiger partial charge on any atom is 0.227 e. The molecule has 0 radical (unpaired) electrons. The number of benzene rings is 1. The number of likely N-dealkylation sites (tertiary alicyclic amines) is 1. The molecule has 1 aliphatic rings. The first-order valence-corrected chi connectivity index (χ1v) is 7.48. The van der Waals surface area contributed by atoms with Crippen LogP contribution in [0.3, 0.4) is 0 Å². The van der Waals surface area contributed by atoms with Crippen LogP contribution in [0.5, 0.6) is 0 Å². The van der Waals surface area contributed by atoms with Crippen molar-refractivity contribution in [3.05, 3.63) is 35.4 Å². The van der Waals surface area contributed by atoms with Crippen LogP contribution in [0.15, 0.2) is 18.2 Å². The quantitative estimate of drug-likeness (QED) is 0.928. The third-order valence-corrected chi connectivity index (χ3v) is 4.35. The van der Waals surface area contributed by atoms with Gasteiger partial charge in [-0.25, -0.2) is 8.78 Å². The molecule has 2 atom stereocenters. The molecular formula is C16H22F2N2O. The molecule has 1 fully saturated rings. The first-order chi connectivity index (χ1) is 10.0. The highest BCUT2D eigenvalue weighted by molar-refractivity contribution is 5.79. The molecule has 0 spiro atoms. The molecular weight excluding hydrogens is 274 g/mol. The molecule has 1 saturated heterocycles. The van der Waals surface area contributed by atoms with E-state index in [0.717, 1.165) is 25.3 Å². The Morgan fingerprint density at radius 3 is 2.81 bits per heavy atom. The highest BCUT2D eigenvalue weighted by atomic mass is 19.1. The normalized spacial score (nSPS) is 22.4. The number of carbonyl (C=O) groups is 1. The average molecular weight is 296 g/mol. The van der Waals surface area contributed by atoms with Crippen molar-refractivity contribution in [1.82, 2.24) is 4.90 Å². The van der Waals surface area contributed by atoms with Gasteiger partial charge in [0, 0.05) is 25.2 Å². The number of piperidine rings is 1. The van der Waals surface area contributed by atoms with Gasteiger partial charge in [-0.3, -0.25) is 4.79 Å². The van der Waals surface area contributed by atoms with Gasteiger partial charge < -0.3 is 10.6 Å². The molecule has 0 saturated carbocycles. The van der Waals surface area contributed by atoms with Crippen LogP contribution < -0.4 is 5.73 Å². The first-order valence-electron chi connectivity index (χ1n) is 7.48. The van der Waals surface area contributed by atoms with Crippen molar-refractivity contribution < 1.29 is 13.6 Å². The lowest BCUT2D eigenvalue weighted by Crippen LogP contribution is -2.50. The Kier molecular flexibility index (Phi) is 5.28. The topological polar surface area (TPSA) is 46.3 Å². The smallest absolute Gasteiger partial charge is 0.227 e.